The molecule has 2 aromatic heterocycles. The maximum Gasteiger partial charge on any atom is 0.418 e. The van der Waals surface area contributed by atoms with Gasteiger partial charge in [-0.2, -0.15) is 13.2 Å². The molecule has 2 aromatic rings. The number of hydrogen-bond donors (Lipinski definition) is 3. The zero-order chi connectivity index (χ0) is 21.8. The summed E-state index contributed by atoms with van der Waals surface area (Å²) >= 11 is 0. The monoisotopic (exact) mass is 423 g/mol. The van der Waals surface area contributed by atoms with Gasteiger partial charge in [-0.1, -0.05) is 0 Å². The topological polar surface area (TPSA) is 105 Å². The van der Waals surface area contributed by atoms with E-state index in [4.69, 9.17) is 4.74 Å². The van der Waals surface area contributed by atoms with E-state index < -0.39 is 53.9 Å². The second-order valence-corrected chi connectivity index (χ2v) is 7.67. The zero-order valence-corrected chi connectivity index (χ0v) is 16.1. The largest absolute Gasteiger partial charge is 0.418 e. The Morgan fingerprint density at radius 3 is 2.50 bits per heavy atom. The highest BCUT2D eigenvalue weighted by molar-refractivity contribution is 5.94. The summed E-state index contributed by atoms with van der Waals surface area (Å²) in [5.41, 5.74) is 0.134. The molecule has 4 heterocycles. The molecule has 7 nitrogen and oxygen atoms in total. The van der Waals surface area contributed by atoms with Gasteiger partial charge in [-0.05, 0) is 37.6 Å². The third kappa shape index (κ3) is 3.44. The standard InChI is InChI=1S/C20H20F3N3O4/c1-8-5-10(3-4-24-8)13-14(18-16(28)15(27)17(13)30-18)19(29)26-11-6-12(20(21,22)23)9(2)25-7-11/h3-7,13-18,27-28H,1-2H3,(H,26,29)/t13-,14-,15+,16-,17-,18+/m1/s1. The number of fused-ring (bicyclic) bond motifs is 2. The molecule has 4 rings (SSSR count). The number of aromatic nitrogens is 2. The van der Waals surface area contributed by atoms with Gasteiger partial charge in [0.05, 0.1) is 35.6 Å². The van der Waals surface area contributed by atoms with Crippen molar-refractivity contribution in [2.45, 2.75) is 50.4 Å². The number of halogens is 3. The maximum absolute atomic E-state index is 13.2. The lowest BCUT2D eigenvalue weighted by Gasteiger charge is -2.33. The Balaban J connectivity index is 1.65. The highest BCUT2D eigenvalue weighted by atomic mass is 19.4. The third-order valence-corrected chi connectivity index (χ3v) is 5.70. The van der Waals surface area contributed by atoms with Crippen LogP contribution < -0.4 is 5.32 Å². The minimum absolute atomic E-state index is 0.111. The second kappa shape index (κ2) is 7.29. The number of carbonyl (C=O) groups is 1. The van der Waals surface area contributed by atoms with Gasteiger partial charge in [0, 0.05) is 23.5 Å². The van der Waals surface area contributed by atoms with Gasteiger partial charge in [0.1, 0.15) is 12.2 Å². The van der Waals surface area contributed by atoms with Crippen LogP contribution in [-0.4, -0.2) is 50.5 Å². The van der Waals surface area contributed by atoms with Crippen LogP contribution >= 0.6 is 0 Å². The molecule has 160 valence electrons. The van der Waals surface area contributed by atoms with Crippen LogP contribution in [0.3, 0.4) is 0 Å². The SMILES string of the molecule is Cc1cc([C@H]2[C@H]3O[C@H]([C@H](O)[C@@H]3O)[C@@H]2C(=O)Nc2cnc(C)c(C(F)(F)F)c2)ccn1. The van der Waals surface area contributed by atoms with Gasteiger partial charge in [-0.15, -0.1) is 0 Å². The average Bonchev–Trinajstić information content (AvgIpc) is 3.19. The molecule has 2 aliphatic rings. The number of aliphatic hydroxyl groups is 2. The number of carbonyl (C=O) groups excluding carboxylic acids is 1. The summed E-state index contributed by atoms with van der Waals surface area (Å²) < 4.78 is 45.2. The van der Waals surface area contributed by atoms with E-state index in [2.05, 4.69) is 15.3 Å². The molecule has 6 atom stereocenters. The number of alkyl halides is 3. The maximum atomic E-state index is 13.2. The van der Waals surface area contributed by atoms with Crippen molar-refractivity contribution in [2.75, 3.05) is 5.32 Å². The first-order valence-corrected chi connectivity index (χ1v) is 9.37. The predicted octanol–water partition coefficient (Wildman–Crippen LogP) is 1.95. The molecule has 2 fully saturated rings. The number of aliphatic hydroxyl groups excluding tert-OH is 2. The van der Waals surface area contributed by atoms with Crippen LogP contribution in [0.15, 0.2) is 30.6 Å². The molecule has 1 amide bonds. The molecule has 30 heavy (non-hydrogen) atoms. The van der Waals surface area contributed by atoms with Crippen molar-refractivity contribution in [3.8, 4) is 0 Å². The van der Waals surface area contributed by atoms with Crippen LogP contribution in [0.2, 0.25) is 0 Å². The van der Waals surface area contributed by atoms with Crippen molar-refractivity contribution in [3.63, 3.8) is 0 Å². The minimum atomic E-state index is -4.61. The van der Waals surface area contributed by atoms with Gasteiger partial charge in [-0.25, -0.2) is 0 Å². The van der Waals surface area contributed by atoms with Gasteiger partial charge in [0.25, 0.3) is 0 Å². The average molecular weight is 423 g/mol. The van der Waals surface area contributed by atoms with Gasteiger partial charge in [-0.3, -0.25) is 14.8 Å². The van der Waals surface area contributed by atoms with E-state index in [1.165, 1.54) is 6.92 Å². The van der Waals surface area contributed by atoms with Crippen LogP contribution in [-0.2, 0) is 15.7 Å². The molecule has 0 radical (unpaired) electrons. The van der Waals surface area contributed by atoms with Gasteiger partial charge in [0.15, 0.2) is 0 Å². The Labute approximate surface area is 169 Å². The highest BCUT2D eigenvalue weighted by Gasteiger charge is 2.61. The lowest BCUT2D eigenvalue weighted by atomic mass is 9.72. The van der Waals surface area contributed by atoms with Gasteiger partial charge < -0.3 is 20.3 Å². The first-order valence-electron chi connectivity index (χ1n) is 9.37. The van der Waals surface area contributed by atoms with Crippen molar-refractivity contribution in [1.29, 1.82) is 0 Å². The lowest BCUT2D eigenvalue weighted by Crippen LogP contribution is -2.49. The summed E-state index contributed by atoms with van der Waals surface area (Å²) in [6.07, 6.45) is -6.14. The van der Waals surface area contributed by atoms with Crippen molar-refractivity contribution in [3.05, 3.63) is 53.1 Å². The van der Waals surface area contributed by atoms with Crippen LogP contribution in [0.4, 0.5) is 18.9 Å². The molecule has 0 aliphatic carbocycles. The Morgan fingerprint density at radius 2 is 1.83 bits per heavy atom. The summed E-state index contributed by atoms with van der Waals surface area (Å²) in [5, 5.41) is 23.0. The molecule has 0 aromatic carbocycles. The van der Waals surface area contributed by atoms with Crippen LogP contribution in [0, 0.1) is 19.8 Å². The molecule has 0 spiro atoms. The molecule has 2 saturated heterocycles. The first kappa shape index (κ1) is 20.7. The first-order chi connectivity index (χ1) is 14.1. The van der Waals surface area contributed by atoms with Crippen LogP contribution in [0.25, 0.3) is 0 Å². The Hall–Kier alpha value is -2.56. The quantitative estimate of drug-likeness (QED) is 0.697. The Bertz CT molecular complexity index is 984. The number of rotatable bonds is 3. The number of hydrogen-bond acceptors (Lipinski definition) is 6. The zero-order valence-electron chi connectivity index (χ0n) is 16.1. The molecule has 0 saturated carbocycles. The molecule has 3 N–H and O–H groups in total. The fourth-order valence-corrected chi connectivity index (χ4v) is 4.33. The van der Waals surface area contributed by atoms with E-state index in [0.717, 1.165) is 12.3 Å². The molecular formula is C20H20F3N3O4. The van der Waals surface area contributed by atoms with E-state index >= 15 is 0 Å². The summed E-state index contributed by atoms with van der Waals surface area (Å²) in [5.74, 6) is -2.12. The number of ether oxygens (including phenoxy) is 1. The van der Waals surface area contributed by atoms with Crippen LogP contribution in [0.1, 0.15) is 28.4 Å². The van der Waals surface area contributed by atoms with E-state index in [-0.39, 0.29) is 11.4 Å². The fraction of sp³-hybridized carbons (Fsp3) is 0.450. The van der Waals surface area contributed by atoms with Crippen molar-refractivity contribution in [2.24, 2.45) is 5.92 Å². The Morgan fingerprint density at radius 1 is 1.13 bits per heavy atom. The van der Waals surface area contributed by atoms with Gasteiger partial charge in [0.2, 0.25) is 5.91 Å². The number of aryl methyl sites for hydroxylation is 2. The second-order valence-electron chi connectivity index (χ2n) is 7.67. The van der Waals surface area contributed by atoms with Crippen molar-refractivity contribution >= 4 is 11.6 Å². The number of nitrogens with one attached hydrogen (secondary N) is 1. The summed E-state index contributed by atoms with van der Waals surface area (Å²) in [6.45, 7) is 3.01. The molecular weight excluding hydrogens is 403 g/mol. The number of anilines is 1. The van der Waals surface area contributed by atoms with Gasteiger partial charge >= 0.3 is 6.18 Å². The normalized spacial score (nSPS) is 30.5. The third-order valence-electron chi connectivity index (χ3n) is 5.70. The highest BCUT2D eigenvalue weighted by Crippen LogP contribution is 2.49. The lowest BCUT2D eigenvalue weighted by molar-refractivity contribution is -0.138. The number of amides is 1. The summed E-state index contributed by atoms with van der Waals surface area (Å²) in [7, 11) is 0. The fourth-order valence-electron chi connectivity index (χ4n) is 4.33. The molecule has 0 unspecified atom stereocenters. The minimum Gasteiger partial charge on any atom is -0.388 e. The predicted molar refractivity (Wildman–Crippen MR) is 98.5 cm³/mol. The van der Waals surface area contributed by atoms with E-state index in [1.807, 2.05) is 0 Å². The number of pyridine rings is 2. The summed E-state index contributed by atoms with van der Waals surface area (Å²) in [6, 6.07) is 4.27. The van der Waals surface area contributed by atoms with E-state index in [0.29, 0.717) is 11.3 Å². The van der Waals surface area contributed by atoms with Crippen LogP contribution in [0.5, 0.6) is 0 Å². The van der Waals surface area contributed by atoms with Crippen molar-refractivity contribution < 1.29 is 32.9 Å². The molecule has 2 bridgehead atoms. The molecule has 10 heteroatoms. The molecule has 2 aliphatic heterocycles. The van der Waals surface area contributed by atoms with E-state index in [9.17, 15) is 28.2 Å². The number of nitrogens with zero attached hydrogens (tertiary/aromatic N) is 2. The van der Waals surface area contributed by atoms with Crippen molar-refractivity contribution in [1.82, 2.24) is 9.97 Å². The van der Waals surface area contributed by atoms with E-state index in [1.54, 1.807) is 25.3 Å². The smallest absolute Gasteiger partial charge is 0.388 e. The Kier molecular flexibility index (Phi) is 5.03. The summed E-state index contributed by atoms with van der Waals surface area (Å²) in [4.78, 5) is 20.9.